The summed E-state index contributed by atoms with van der Waals surface area (Å²) in [5.74, 6) is 0.715. The Morgan fingerprint density at radius 1 is 0.926 bits per heavy atom. The number of benzene rings is 2. The van der Waals surface area contributed by atoms with E-state index in [0.717, 1.165) is 18.2 Å². The second-order valence-electron chi connectivity index (χ2n) is 5.96. The lowest BCUT2D eigenvalue weighted by molar-refractivity contribution is 0.471. The fourth-order valence-corrected chi connectivity index (χ4v) is 3.05. The van der Waals surface area contributed by atoms with E-state index in [1.807, 2.05) is 0 Å². The van der Waals surface area contributed by atoms with Crippen molar-refractivity contribution in [1.29, 1.82) is 0 Å². The summed E-state index contributed by atoms with van der Waals surface area (Å²) in [6, 6.07) is 10.4. The lowest BCUT2D eigenvalue weighted by atomic mass is 10.3. The molecule has 0 saturated heterocycles. The van der Waals surface area contributed by atoms with Gasteiger partial charge in [-0.1, -0.05) is 0 Å². The first-order valence-corrected chi connectivity index (χ1v) is 11.4. The first-order chi connectivity index (χ1) is 12.4. The molecule has 0 aliphatic rings. The Kier molecular flexibility index (Phi) is 6.11. The Hall–Kier alpha value is -2.59. The average molecular weight is 412 g/mol. The smallest absolute Gasteiger partial charge is 0.306 e. The van der Waals surface area contributed by atoms with Crippen molar-refractivity contribution >= 4 is 31.4 Å². The number of nitrogens with one attached hydrogen (secondary N) is 1. The lowest BCUT2D eigenvalue weighted by Gasteiger charge is -2.12. The van der Waals surface area contributed by atoms with Crippen LogP contribution in [-0.2, 0) is 20.0 Å². The Morgan fingerprint density at radius 2 is 1.52 bits per heavy atom. The number of hydrogen-bond donors (Lipinski definition) is 1. The summed E-state index contributed by atoms with van der Waals surface area (Å²) in [5.41, 5.74) is 3.82. The quantitative estimate of drug-likeness (QED) is 0.423. The van der Waals surface area contributed by atoms with Gasteiger partial charge in [0.05, 0.1) is 11.2 Å². The monoisotopic (exact) mass is 412 g/mol. The Bertz CT molecular complexity index is 1060. The molecular weight excluding hydrogens is 392 g/mol. The van der Waals surface area contributed by atoms with E-state index < -0.39 is 20.0 Å². The van der Waals surface area contributed by atoms with Gasteiger partial charge in [0.2, 0.25) is 0 Å². The summed E-state index contributed by atoms with van der Waals surface area (Å²) in [5, 5.41) is 4.03. The van der Waals surface area contributed by atoms with Gasteiger partial charge in [-0.3, -0.25) is 5.43 Å². The molecule has 1 N–H and O–H groups in total. The topological polar surface area (TPSA) is 111 Å². The van der Waals surface area contributed by atoms with Crippen LogP contribution in [0.15, 0.2) is 52.5 Å². The standard InChI is InChI=1S/C17H20N2O6S2/c1-12(2)18-19-16-10-7-14(11-17(16)25-27(4,22)23)24-13-5-8-15(9-6-13)26(3,20)21/h5-11,19H,1-4H3. The maximum absolute atomic E-state index is 11.5. The maximum Gasteiger partial charge on any atom is 0.306 e. The summed E-state index contributed by atoms with van der Waals surface area (Å²) in [7, 11) is -7.06. The number of nitrogens with zero attached hydrogens (tertiary/aromatic N) is 1. The Balaban J connectivity index is 2.31. The van der Waals surface area contributed by atoms with Crippen molar-refractivity contribution in [2.24, 2.45) is 5.10 Å². The van der Waals surface area contributed by atoms with Gasteiger partial charge >= 0.3 is 10.1 Å². The average Bonchev–Trinajstić information content (AvgIpc) is 2.52. The van der Waals surface area contributed by atoms with Crippen LogP contribution in [-0.4, -0.2) is 35.1 Å². The van der Waals surface area contributed by atoms with Crippen LogP contribution in [0.3, 0.4) is 0 Å². The minimum absolute atomic E-state index is 0.0211. The zero-order valence-electron chi connectivity index (χ0n) is 15.3. The second kappa shape index (κ2) is 7.97. The van der Waals surface area contributed by atoms with Gasteiger partial charge in [-0.25, -0.2) is 8.42 Å². The number of rotatable bonds is 7. The van der Waals surface area contributed by atoms with Gasteiger partial charge in [0.1, 0.15) is 17.2 Å². The fourth-order valence-electron chi connectivity index (χ4n) is 1.95. The highest BCUT2D eigenvalue weighted by molar-refractivity contribution is 7.90. The number of ether oxygens (including phenoxy) is 1. The van der Waals surface area contributed by atoms with Gasteiger partial charge in [0.25, 0.3) is 0 Å². The highest BCUT2D eigenvalue weighted by atomic mass is 32.2. The fraction of sp³-hybridized carbons (Fsp3) is 0.235. The molecule has 0 heterocycles. The molecule has 0 saturated carbocycles. The van der Waals surface area contributed by atoms with Crippen LogP contribution in [0.5, 0.6) is 17.2 Å². The highest BCUT2D eigenvalue weighted by Gasteiger charge is 2.13. The van der Waals surface area contributed by atoms with Gasteiger partial charge in [0, 0.05) is 18.0 Å². The summed E-state index contributed by atoms with van der Waals surface area (Å²) in [6.45, 7) is 3.56. The highest BCUT2D eigenvalue weighted by Crippen LogP contribution is 2.33. The van der Waals surface area contributed by atoms with Crippen molar-refractivity contribution in [3.05, 3.63) is 42.5 Å². The Labute approximate surface area is 158 Å². The van der Waals surface area contributed by atoms with Crippen LogP contribution in [0.25, 0.3) is 0 Å². The van der Waals surface area contributed by atoms with Crippen molar-refractivity contribution in [3.63, 3.8) is 0 Å². The van der Waals surface area contributed by atoms with E-state index >= 15 is 0 Å². The molecule has 0 spiro atoms. The Morgan fingerprint density at radius 3 is 2.04 bits per heavy atom. The largest absolute Gasteiger partial charge is 0.457 e. The van der Waals surface area contributed by atoms with E-state index in [4.69, 9.17) is 8.92 Å². The van der Waals surface area contributed by atoms with Gasteiger partial charge < -0.3 is 8.92 Å². The zero-order chi connectivity index (χ0) is 20.2. The molecule has 10 heteroatoms. The first kappa shape index (κ1) is 20.7. The van der Waals surface area contributed by atoms with Gasteiger partial charge in [-0.05, 0) is 50.2 Å². The molecule has 27 heavy (non-hydrogen) atoms. The predicted octanol–water partition coefficient (Wildman–Crippen LogP) is 3.03. The first-order valence-electron chi connectivity index (χ1n) is 7.72. The molecule has 0 radical (unpaired) electrons. The van der Waals surface area contributed by atoms with Crippen LogP contribution in [0, 0.1) is 0 Å². The molecule has 0 atom stereocenters. The molecule has 0 aliphatic carbocycles. The van der Waals surface area contributed by atoms with Crippen LogP contribution in [0.4, 0.5) is 5.69 Å². The predicted molar refractivity (Wildman–Crippen MR) is 104 cm³/mol. The number of hydrazone groups is 1. The minimum atomic E-state index is -3.76. The van der Waals surface area contributed by atoms with Crippen LogP contribution in [0.2, 0.25) is 0 Å². The van der Waals surface area contributed by atoms with Crippen molar-refractivity contribution in [2.45, 2.75) is 18.7 Å². The lowest BCUT2D eigenvalue weighted by Crippen LogP contribution is -2.07. The van der Waals surface area contributed by atoms with Crippen LogP contribution in [0.1, 0.15) is 13.8 Å². The minimum Gasteiger partial charge on any atom is -0.457 e. The molecule has 0 amide bonds. The van der Waals surface area contributed by atoms with E-state index in [0.29, 0.717) is 17.2 Å². The molecule has 0 unspecified atom stereocenters. The molecule has 2 aromatic rings. The third kappa shape index (κ3) is 6.57. The van der Waals surface area contributed by atoms with Crippen LogP contribution < -0.4 is 14.3 Å². The number of anilines is 1. The summed E-state index contributed by atoms with van der Waals surface area (Å²) in [4.78, 5) is 0.170. The molecule has 0 bridgehead atoms. The second-order valence-corrected chi connectivity index (χ2v) is 9.55. The molecular formula is C17H20N2O6S2. The van der Waals surface area contributed by atoms with E-state index in [2.05, 4.69) is 10.5 Å². The molecule has 8 nitrogen and oxygen atoms in total. The van der Waals surface area contributed by atoms with Crippen molar-refractivity contribution < 1.29 is 25.8 Å². The molecule has 146 valence electrons. The molecule has 2 aromatic carbocycles. The van der Waals surface area contributed by atoms with E-state index in [-0.39, 0.29) is 10.6 Å². The van der Waals surface area contributed by atoms with Gasteiger partial charge in [0.15, 0.2) is 15.6 Å². The molecule has 0 fully saturated rings. The molecule has 2 rings (SSSR count). The van der Waals surface area contributed by atoms with Gasteiger partial charge in [-0.2, -0.15) is 13.5 Å². The normalized spacial score (nSPS) is 11.6. The number of sulfone groups is 1. The van der Waals surface area contributed by atoms with Crippen molar-refractivity contribution in [2.75, 3.05) is 17.9 Å². The van der Waals surface area contributed by atoms with E-state index in [9.17, 15) is 16.8 Å². The third-order valence-corrected chi connectivity index (χ3v) is 4.69. The summed E-state index contributed by atoms with van der Waals surface area (Å²) < 4.78 is 56.6. The molecule has 0 aliphatic heterocycles. The van der Waals surface area contributed by atoms with Crippen LogP contribution >= 0.6 is 0 Å². The van der Waals surface area contributed by atoms with E-state index in [1.54, 1.807) is 26.0 Å². The van der Waals surface area contributed by atoms with Crippen molar-refractivity contribution in [3.8, 4) is 17.2 Å². The zero-order valence-corrected chi connectivity index (χ0v) is 16.9. The SMILES string of the molecule is CC(C)=NNc1ccc(Oc2ccc(S(C)(=O)=O)cc2)cc1OS(C)(=O)=O. The number of hydrogen-bond acceptors (Lipinski definition) is 8. The third-order valence-electron chi connectivity index (χ3n) is 3.08. The summed E-state index contributed by atoms with van der Waals surface area (Å²) in [6.07, 6.45) is 2.05. The maximum atomic E-state index is 11.5. The molecule has 0 aromatic heterocycles. The summed E-state index contributed by atoms with van der Waals surface area (Å²) >= 11 is 0. The van der Waals surface area contributed by atoms with E-state index in [1.165, 1.54) is 30.3 Å². The van der Waals surface area contributed by atoms with Crippen molar-refractivity contribution in [1.82, 2.24) is 0 Å². The van der Waals surface area contributed by atoms with Gasteiger partial charge in [-0.15, -0.1) is 0 Å².